The molecular weight excluding hydrogens is 195 g/mol. The van der Waals surface area contributed by atoms with E-state index < -0.39 is 0 Å². The molecule has 1 aromatic carbocycles. The number of rotatable bonds is 1. The Bertz CT molecular complexity index is 392. The van der Waals surface area contributed by atoms with Crippen LogP contribution in [0.15, 0.2) is 18.2 Å². The first kappa shape index (κ1) is 9.96. The third-order valence-corrected chi connectivity index (χ3v) is 2.71. The number of hydrogen-bond acceptors (Lipinski definition) is 2. The van der Waals surface area contributed by atoms with E-state index >= 15 is 0 Å². The number of anilines is 1. The van der Waals surface area contributed by atoms with Crippen molar-refractivity contribution in [3.8, 4) is 0 Å². The molecule has 0 saturated carbocycles. The zero-order chi connectivity index (χ0) is 10.8. The maximum atomic E-state index is 13.6. The van der Waals surface area contributed by atoms with Crippen molar-refractivity contribution in [3.05, 3.63) is 29.6 Å². The van der Waals surface area contributed by atoms with Gasteiger partial charge in [0.05, 0.1) is 0 Å². The number of nitrogens with one attached hydrogen (secondary N) is 1. The first-order valence-corrected chi connectivity index (χ1v) is 4.98. The second-order valence-electron chi connectivity index (χ2n) is 3.82. The van der Waals surface area contributed by atoms with E-state index in [9.17, 15) is 9.18 Å². The number of nitrogen functional groups attached to an aromatic ring is 1. The van der Waals surface area contributed by atoms with Crippen LogP contribution in [-0.2, 0) is 4.79 Å². The van der Waals surface area contributed by atoms with E-state index in [-0.39, 0.29) is 17.6 Å². The molecule has 3 N–H and O–H groups in total. The molecule has 1 aliphatic rings. The van der Waals surface area contributed by atoms with Crippen LogP contribution < -0.4 is 11.1 Å². The van der Waals surface area contributed by atoms with Crippen LogP contribution in [0.5, 0.6) is 0 Å². The molecule has 0 radical (unpaired) electrons. The number of piperidine rings is 1. The number of carbonyl (C=O) groups is 1. The van der Waals surface area contributed by atoms with E-state index in [4.69, 9.17) is 5.73 Å². The molecule has 1 atom stereocenters. The van der Waals surface area contributed by atoms with Crippen molar-refractivity contribution in [1.82, 2.24) is 5.32 Å². The van der Waals surface area contributed by atoms with Gasteiger partial charge in [0.1, 0.15) is 5.82 Å². The highest BCUT2D eigenvalue weighted by Gasteiger charge is 2.22. The Balaban J connectivity index is 2.24. The van der Waals surface area contributed by atoms with Crippen LogP contribution in [0.4, 0.5) is 10.1 Å². The van der Waals surface area contributed by atoms with Crippen LogP contribution in [0.2, 0.25) is 0 Å². The highest BCUT2D eigenvalue weighted by molar-refractivity contribution is 5.77. The van der Waals surface area contributed by atoms with Gasteiger partial charge in [0.25, 0.3) is 0 Å². The molecule has 1 aliphatic heterocycles. The summed E-state index contributed by atoms with van der Waals surface area (Å²) in [4.78, 5) is 11.2. The number of carbonyl (C=O) groups excluding carboxylic acids is 1. The van der Waals surface area contributed by atoms with Crippen LogP contribution in [0.3, 0.4) is 0 Å². The van der Waals surface area contributed by atoms with Crippen molar-refractivity contribution in [2.24, 2.45) is 0 Å². The largest absolute Gasteiger partial charge is 0.399 e. The summed E-state index contributed by atoms with van der Waals surface area (Å²) in [5.74, 6) is -0.337. The van der Waals surface area contributed by atoms with Crippen molar-refractivity contribution in [3.63, 3.8) is 0 Å². The molecular formula is C11H13FN2O. The average molecular weight is 208 g/mol. The molecule has 0 aromatic heterocycles. The van der Waals surface area contributed by atoms with Gasteiger partial charge in [-0.2, -0.15) is 0 Å². The van der Waals surface area contributed by atoms with Crippen LogP contribution in [0.1, 0.15) is 24.3 Å². The minimum atomic E-state index is -0.310. The molecule has 15 heavy (non-hydrogen) atoms. The normalized spacial score (nSPS) is 21.1. The molecule has 80 valence electrons. The van der Waals surface area contributed by atoms with Gasteiger partial charge in [0, 0.05) is 18.7 Å². The molecule has 1 aromatic rings. The first-order valence-electron chi connectivity index (χ1n) is 4.98. The number of benzene rings is 1. The molecule has 1 amide bonds. The first-order chi connectivity index (χ1) is 7.16. The number of hydrogen-bond donors (Lipinski definition) is 2. The third kappa shape index (κ3) is 2.09. The zero-order valence-electron chi connectivity index (χ0n) is 8.29. The Hall–Kier alpha value is -1.58. The molecule has 0 bridgehead atoms. The summed E-state index contributed by atoms with van der Waals surface area (Å²) in [7, 11) is 0. The summed E-state index contributed by atoms with van der Waals surface area (Å²) in [5, 5.41) is 2.73. The Kier molecular flexibility index (Phi) is 2.58. The molecule has 2 rings (SSSR count). The van der Waals surface area contributed by atoms with E-state index in [0.717, 1.165) is 6.42 Å². The van der Waals surface area contributed by atoms with Gasteiger partial charge in [0.2, 0.25) is 5.91 Å². The Morgan fingerprint density at radius 3 is 2.93 bits per heavy atom. The summed E-state index contributed by atoms with van der Waals surface area (Å²) in [6, 6.07) is 4.65. The molecule has 0 unspecified atom stereocenters. The molecule has 0 aliphatic carbocycles. The van der Waals surface area contributed by atoms with Crippen LogP contribution in [0, 0.1) is 5.82 Å². The fourth-order valence-corrected chi connectivity index (χ4v) is 1.92. The van der Waals surface area contributed by atoms with Crippen molar-refractivity contribution in [2.75, 3.05) is 12.3 Å². The maximum absolute atomic E-state index is 13.6. The van der Waals surface area contributed by atoms with Gasteiger partial charge in [-0.3, -0.25) is 4.79 Å². The molecule has 1 fully saturated rings. The fraction of sp³-hybridized carbons (Fsp3) is 0.364. The summed E-state index contributed by atoms with van der Waals surface area (Å²) in [6.07, 6.45) is 1.15. The molecule has 4 heteroatoms. The van der Waals surface area contributed by atoms with E-state index in [1.54, 1.807) is 12.1 Å². The summed E-state index contributed by atoms with van der Waals surface area (Å²) in [5.41, 5.74) is 6.47. The number of amides is 1. The van der Waals surface area contributed by atoms with Gasteiger partial charge < -0.3 is 11.1 Å². The summed E-state index contributed by atoms with van der Waals surface area (Å²) < 4.78 is 13.6. The monoisotopic (exact) mass is 208 g/mol. The van der Waals surface area contributed by atoms with Gasteiger partial charge in [0.15, 0.2) is 0 Å². The molecule has 1 heterocycles. The maximum Gasteiger partial charge on any atom is 0.220 e. The van der Waals surface area contributed by atoms with Crippen LogP contribution >= 0.6 is 0 Å². The van der Waals surface area contributed by atoms with Gasteiger partial charge in [-0.1, -0.05) is 6.07 Å². The second-order valence-corrected chi connectivity index (χ2v) is 3.82. The van der Waals surface area contributed by atoms with Gasteiger partial charge in [-0.05, 0) is 30.0 Å². The Morgan fingerprint density at radius 1 is 1.47 bits per heavy atom. The SMILES string of the molecule is Nc1ccc([C@H]2CCNC(=O)C2)c(F)c1. The Morgan fingerprint density at radius 2 is 2.27 bits per heavy atom. The summed E-state index contributed by atoms with van der Waals surface area (Å²) in [6.45, 7) is 0.618. The average Bonchev–Trinajstić information content (AvgIpc) is 2.17. The molecule has 0 spiro atoms. The third-order valence-electron chi connectivity index (χ3n) is 2.71. The Labute approximate surface area is 87.5 Å². The van der Waals surface area contributed by atoms with Crippen LogP contribution in [0.25, 0.3) is 0 Å². The lowest BCUT2D eigenvalue weighted by Crippen LogP contribution is -2.32. The standard InChI is InChI=1S/C11H13FN2O/c12-10-6-8(13)1-2-9(10)7-3-4-14-11(15)5-7/h1-2,6-7H,3-5,13H2,(H,14,15)/t7-/m0/s1. The molecule has 3 nitrogen and oxygen atoms in total. The summed E-state index contributed by atoms with van der Waals surface area (Å²) >= 11 is 0. The number of halogens is 1. The smallest absolute Gasteiger partial charge is 0.220 e. The predicted octanol–water partition coefficient (Wildman–Crippen LogP) is 1.40. The van der Waals surface area contributed by atoms with E-state index in [1.165, 1.54) is 6.07 Å². The van der Waals surface area contributed by atoms with E-state index in [0.29, 0.717) is 24.2 Å². The second kappa shape index (κ2) is 3.88. The predicted molar refractivity (Wildman–Crippen MR) is 55.8 cm³/mol. The topological polar surface area (TPSA) is 55.1 Å². The van der Waals surface area contributed by atoms with Crippen molar-refractivity contribution >= 4 is 11.6 Å². The zero-order valence-corrected chi connectivity index (χ0v) is 8.29. The van der Waals surface area contributed by atoms with Crippen LogP contribution in [-0.4, -0.2) is 12.5 Å². The number of nitrogens with two attached hydrogens (primary N) is 1. The van der Waals surface area contributed by atoms with E-state index in [2.05, 4.69) is 5.32 Å². The fourth-order valence-electron chi connectivity index (χ4n) is 1.92. The highest BCUT2D eigenvalue weighted by atomic mass is 19.1. The van der Waals surface area contributed by atoms with Gasteiger partial charge in [-0.25, -0.2) is 4.39 Å². The lowest BCUT2D eigenvalue weighted by Gasteiger charge is -2.22. The lowest BCUT2D eigenvalue weighted by molar-refractivity contribution is -0.122. The minimum absolute atomic E-state index is 0.0116. The van der Waals surface area contributed by atoms with E-state index in [1.807, 2.05) is 0 Å². The van der Waals surface area contributed by atoms with Crippen molar-refractivity contribution in [1.29, 1.82) is 0 Å². The van der Waals surface area contributed by atoms with Gasteiger partial charge in [-0.15, -0.1) is 0 Å². The van der Waals surface area contributed by atoms with Gasteiger partial charge >= 0.3 is 0 Å². The lowest BCUT2D eigenvalue weighted by atomic mass is 9.89. The quantitative estimate of drug-likeness (QED) is 0.685. The van der Waals surface area contributed by atoms with Crippen molar-refractivity contribution in [2.45, 2.75) is 18.8 Å². The minimum Gasteiger partial charge on any atom is -0.399 e. The van der Waals surface area contributed by atoms with Crippen molar-refractivity contribution < 1.29 is 9.18 Å². The molecule has 1 saturated heterocycles. The highest BCUT2D eigenvalue weighted by Crippen LogP contribution is 2.28.